The fraction of sp³-hybridized carbons (Fsp3) is 0.143. The van der Waals surface area contributed by atoms with Crippen LogP contribution in [0.2, 0.25) is 0 Å². The first-order chi connectivity index (χ1) is 8.56. The molecule has 0 aliphatic carbocycles. The Morgan fingerprint density at radius 1 is 1.00 bits per heavy atom. The Labute approximate surface area is 122 Å². The van der Waals surface area contributed by atoms with Crippen LogP contribution >= 0.6 is 31.9 Å². The Morgan fingerprint density at radius 2 is 1.61 bits per heavy atom. The molecule has 1 atom stereocenters. The molecule has 2 aromatic carbocycles. The van der Waals surface area contributed by atoms with Crippen molar-refractivity contribution in [2.24, 2.45) is 5.73 Å². The van der Waals surface area contributed by atoms with Crippen molar-refractivity contribution in [1.82, 2.24) is 0 Å². The van der Waals surface area contributed by atoms with E-state index in [0.717, 1.165) is 14.5 Å². The van der Waals surface area contributed by atoms with Gasteiger partial charge < -0.3 is 5.73 Å². The lowest BCUT2D eigenvalue weighted by molar-refractivity contribution is 0.579. The summed E-state index contributed by atoms with van der Waals surface area (Å²) in [4.78, 5) is 0. The first-order valence-corrected chi connectivity index (χ1v) is 7.10. The summed E-state index contributed by atoms with van der Waals surface area (Å²) in [7, 11) is 0. The van der Waals surface area contributed by atoms with Crippen LogP contribution in [0.4, 0.5) is 4.39 Å². The van der Waals surface area contributed by atoms with Crippen molar-refractivity contribution < 1.29 is 4.39 Å². The number of hydrogen-bond donors (Lipinski definition) is 1. The minimum absolute atomic E-state index is 0.269. The molecule has 1 unspecified atom stereocenters. The summed E-state index contributed by atoms with van der Waals surface area (Å²) < 4.78 is 15.5. The van der Waals surface area contributed by atoms with Gasteiger partial charge in [-0.05, 0) is 36.2 Å². The molecule has 2 rings (SSSR count). The molecular formula is C14H12Br2FN. The molecular weight excluding hydrogens is 361 g/mol. The minimum Gasteiger partial charge on any atom is -0.324 e. The van der Waals surface area contributed by atoms with Crippen LogP contribution in [0.15, 0.2) is 51.4 Å². The molecule has 2 aromatic rings. The highest BCUT2D eigenvalue weighted by Gasteiger charge is 2.12. The molecule has 0 aromatic heterocycles. The summed E-state index contributed by atoms with van der Waals surface area (Å²) >= 11 is 6.61. The van der Waals surface area contributed by atoms with E-state index in [1.165, 1.54) is 6.07 Å². The molecule has 0 spiro atoms. The third-order valence-corrected chi connectivity index (χ3v) is 3.75. The van der Waals surface area contributed by atoms with Gasteiger partial charge in [0.1, 0.15) is 5.82 Å². The standard InChI is InChI=1S/C14H12Br2FN/c15-10-3-1-9(2-4-10)7-14(18)12-6-5-11(16)8-13(12)17/h1-6,8,14H,7,18H2. The molecule has 18 heavy (non-hydrogen) atoms. The van der Waals surface area contributed by atoms with Crippen LogP contribution in [0.5, 0.6) is 0 Å². The summed E-state index contributed by atoms with van der Waals surface area (Å²) in [5.74, 6) is -0.269. The molecule has 0 heterocycles. The van der Waals surface area contributed by atoms with Gasteiger partial charge in [-0.3, -0.25) is 0 Å². The van der Waals surface area contributed by atoms with E-state index >= 15 is 0 Å². The van der Waals surface area contributed by atoms with E-state index in [0.29, 0.717) is 12.0 Å². The van der Waals surface area contributed by atoms with Crippen LogP contribution in [0.3, 0.4) is 0 Å². The monoisotopic (exact) mass is 371 g/mol. The topological polar surface area (TPSA) is 26.0 Å². The van der Waals surface area contributed by atoms with E-state index in [9.17, 15) is 4.39 Å². The molecule has 0 amide bonds. The first kappa shape index (κ1) is 13.7. The van der Waals surface area contributed by atoms with Gasteiger partial charge in [0.25, 0.3) is 0 Å². The lowest BCUT2D eigenvalue weighted by atomic mass is 9.99. The highest BCUT2D eigenvalue weighted by molar-refractivity contribution is 9.10. The lowest BCUT2D eigenvalue weighted by Crippen LogP contribution is -2.15. The summed E-state index contributed by atoms with van der Waals surface area (Å²) in [6.07, 6.45) is 0.617. The van der Waals surface area contributed by atoms with E-state index in [1.807, 2.05) is 24.3 Å². The molecule has 0 aliphatic rings. The molecule has 0 saturated heterocycles. The Morgan fingerprint density at radius 3 is 2.22 bits per heavy atom. The second kappa shape index (κ2) is 5.95. The van der Waals surface area contributed by atoms with Crippen molar-refractivity contribution >= 4 is 31.9 Å². The normalized spacial score (nSPS) is 12.4. The van der Waals surface area contributed by atoms with Crippen LogP contribution < -0.4 is 5.73 Å². The Balaban J connectivity index is 2.16. The molecule has 94 valence electrons. The predicted molar refractivity (Wildman–Crippen MR) is 78.9 cm³/mol. The second-order valence-electron chi connectivity index (χ2n) is 4.10. The van der Waals surface area contributed by atoms with Crippen molar-refractivity contribution in [3.8, 4) is 0 Å². The van der Waals surface area contributed by atoms with E-state index in [-0.39, 0.29) is 11.9 Å². The summed E-state index contributed by atoms with van der Waals surface area (Å²) in [5.41, 5.74) is 7.68. The predicted octanol–water partition coefficient (Wildman–Crippen LogP) is 4.59. The number of benzene rings is 2. The largest absolute Gasteiger partial charge is 0.324 e. The van der Waals surface area contributed by atoms with Gasteiger partial charge in [-0.1, -0.05) is 50.1 Å². The number of nitrogens with two attached hydrogens (primary N) is 1. The van der Waals surface area contributed by atoms with Gasteiger partial charge in [-0.2, -0.15) is 0 Å². The zero-order valence-electron chi connectivity index (χ0n) is 9.54. The highest BCUT2D eigenvalue weighted by Crippen LogP contribution is 2.23. The van der Waals surface area contributed by atoms with Crippen molar-refractivity contribution in [1.29, 1.82) is 0 Å². The molecule has 1 nitrogen and oxygen atoms in total. The Bertz CT molecular complexity index is 540. The second-order valence-corrected chi connectivity index (χ2v) is 5.93. The molecule has 0 aliphatic heterocycles. The van der Waals surface area contributed by atoms with Gasteiger partial charge in [0.15, 0.2) is 0 Å². The summed E-state index contributed by atoms with van der Waals surface area (Å²) in [6.45, 7) is 0. The quantitative estimate of drug-likeness (QED) is 0.837. The van der Waals surface area contributed by atoms with Crippen LogP contribution in [0.1, 0.15) is 17.2 Å². The van der Waals surface area contributed by atoms with Crippen molar-refractivity contribution in [2.45, 2.75) is 12.5 Å². The van der Waals surface area contributed by atoms with E-state index < -0.39 is 0 Å². The van der Waals surface area contributed by atoms with Crippen LogP contribution in [0.25, 0.3) is 0 Å². The van der Waals surface area contributed by atoms with E-state index in [1.54, 1.807) is 12.1 Å². The van der Waals surface area contributed by atoms with Gasteiger partial charge in [0.2, 0.25) is 0 Å². The van der Waals surface area contributed by atoms with Gasteiger partial charge in [0, 0.05) is 20.6 Å². The molecule has 0 saturated carbocycles. The van der Waals surface area contributed by atoms with Crippen LogP contribution in [0, 0.1) is 5.82 Å². The van der Waals surface area contributed by atoms with Crippen molar-refractivity contribution in [3.63, 3.8) is 0 Å². The fourth-order valence-electron chi connectivity index (χ4n) is 1.79. The maximum absolute atomic E-state index is 13.8. The average Bonchev–Trinajstić information content (AvgIpc) is 2.32. The van der Waals surface area contributed by atoms with Crippen molar-refractivity contribution in [3.05, 3.63) is 68.4 Å². The van der Waals surface area contributed by atoms with Crippen LogP contribution in [-0.4, -0.2) is 0 Å². The lowest BCUT2D eigenvalue weighted by Gasteiger charge is -2.13. The molecule has 2 N–H and O–H groups in total. The minimum atomic E-state index is -0.334. The van der Waals surface area contributed by atoms with Crippen LogP contribution in [-0.2, 0) is 6.42 Å². The molecule has 0 bridgehead atoms. The van der Waals surface area contributed by atoms with Gasteiger partial charge in [0.05, 0.1) is 0 Å². The number of halogens is 3. The zero-order chi connectivity index (χ0) is 13.1. The third-order valence-electron chi connectivity index (χ3n) is 2.73. The smallest absolute Gasteiger partial charge is 0.129 e. The van der Waals surface area contributed by atoms with Gasteiger partial charge in [-0.15, -0.1) is 0 Å². The Kier molecular flexibility index (Phi) is 4.54. The maximum Gasteiger partial charge on any atom is 0.129 e. The van der Waals surface area contributed by atoms with Gasteiger partial charge in [-0.25, -0.2) is 4.39 Å². The maximum atomic E-state index is 13.8. The summed E-state index contributed by atoms with van der Waals surface area (Å²) in [6, 6.07) is 12.5. The third kappa shape index (κ3) is 3.40. The fourth-order valence-corrected chi connectivity index (χ4v) is 2.38. The Hall–Kier alpha value is -0.710. The molecule has 4 heteroatoms. The molecule has 0 fully saturated rings. The summed E-state index contributed by atoms with van der Waals surface area (Å²) in [5, 5.41) is 0. The molecule has 0 radical (unpaired) electrons. The van der Waals surface area contributed by atoms with E-state index in [2.05, 4.69) is 31.9 Å². The number of rotatable bonds is 3. The van der Waals surface area contributed by atoms with Crippen molar-refractivity contribution in [2.75, 3.05) is 0 Å². The highest BCUT2D eigenvalue weighted by atomic mass is 79.9. The average molecular weight is 373 g/mol. The van der Waals surface area contributed by atoms with Gasteiger partial charge >= 0.3 is 0 Å². The number of hydrogen-bond acceptors (Lipinski definition) is 1. The first-order valence-electron chi connectivity index (χ1n) is 5.51. The van der Waals surface area contributed by atoms with E-state index in [4.69, 9.17) is 5.73 Å². The zero-order valence-corrected chi connectivity index (χ0v) is 12.7. The SMILES string of the molecule is NC(Cc1ccc(Br)cc1)c1ccc(Br)cc1F.